The largest absolute Gasteiger partial charge is 0.392 e. The summed E-state index contributed by atoms with van der Waals surface area (Å²) in [6, 6.07) is 13.1. The second-order valence-electron chi connectivity index (χ2n) is 3.91. The maximum absolute atomic E-state index is 12.1. The van der Waals surface area contributed by atoms with Crippen LogP contribution in [0.25, 0.3) is 11.1 Å². The predicted octanol–water partition coefficient (Wildman–Crippen LogP) is 2.39. The zero-order valence-electron chi connectivity index (χ0n) is 8.60. The van der Waals surface area contributed by atoms with E-state index in [1.54, 1.807) is 6.07 Å². The van der Waals surface area contributed by atoms with Gasteiger partial charge in [0.25, 0.3) is 0 Å². The molecule has 1 aliphatic rings. The SMILES string of the molecule is O=C1c2ccccc2-c2ccc(CO)cc21. The normalized spacial score (nSPS) is 12.4. The smallest absolute Gasteiger partial charge is 0.194 e. The van der Waals surface area contributed by atoms with Crippen LogP contribution >= 0.6 is 0 Å². The Labute approximate surface area is 93.2 Å². The number of carbonyl (C=O) groups is 1. The van der Waals surface area contributed by atoms with Gasteiger partial charge in [-0.2, -0.15) is 0 Å². The van der Waals surface area contributed by atoms with Gasteiger partial charge in [-0.15, -0.1) is 0 Å². The number of carbonyl (C=O) groups excluding carboxylic acids is 1. The molecule has 0 aromatic heterocycles. The van der Waals surface area contributed by atoms with Crippen molar-refractivity contribution < 1.29 is 9.90 Å². The second-order valence-corrected chi connectivity index (χ2v) is 3.91. The van der Waals surface area contributed by atoms with Gasteiger partial charge < -0.3 is 5.11 Å². The monoisotopic (exact) mass is 210 g/mol. The molecule has 2 heteroatoms. The topological polar surface area (TPSA) is 37.3 Å². The molecule has 0 bridgehead atoms. The summed E-state index contributed by atoms with van der Waals surface area (Å²) in [7, 11) is 0. The van der Waals surface area contributed by atoms with Gasteiger partial charge in [0.2, 0.25) is 0 Å². The Morgan fingerprint density at radius 1 is 0.875 bits per heavy atom. The third-order valence-corrected chi connectivity index (χ3v) is 2.97. The molecule has 1 aliphatic carbocycles. The zero-order chi connectivity index (χ0) is 11.1. The standard InChI is InChI=1S/C14H10O2/c15-8-9-5-6-11-10-3-1-2-4-12(10)14(16)13(11)7-9/h1-7,15H,8H2. The highest BCUT2D eigenvalue weighted by molar-refractivity contribution is 6.21. The summed E-state index contributed by atoms with van der Waals surface area (Å²) in [5.41, 5.74) is 4.20. The van der Waals surface area contributed by atoms with Crippen LogP contribution in [0.5, 0.6) is 0 Å². The third-order valence-electron chi connectivity index (χ3n) is 2.97. The molecular formula is C14H10O2. The molecule has 2 aromatic carbocycles. The highest BCUT2D eigenvalue weighted by atomic mass is 16.3. The Bertz CT molecular complexity index is 585. The average molecular weight is 210 g/mol. The van der Waals surface area contributed by atoms with Crippen molar-refractivity contribution in [2.75, 3.05) is 0 Å². The first-order valence-corrected chi connectivity index (χ1v) is 5.19. The number of ketones is 1. The first-order valence-electron chi connectivity index (χ1n) is 5.19. The molecule has 0 unspecified atom stereocenters. The molecule has 1 N–H and O–H groups in total. The van der Waals surface area contributed by atoms with Crippen LogP contribution in [0.3, 0.4) is 0 Å². The van der Waals surface area contributed by atoms with Gasteiger partial charge in [-0.3, -0.25) is 4.79 Å². The molecule has 0 aliphatic heterocycles. The van der Waals surface area contributed by atoms with Crippen molar-refractivity contribution in [3.63, 3.8) is 0 Å². The number of aliphatic hydroxyl groups is 1. The number of hydrogen-bond acceptors (Lipinski definition) is 2. The lowest BCUT2D eigenvalue weighted by atomic mass is 10.0. The van der Waals surface area contributed by atoms with E-state index < -0.39 is 0 Å². The summed E-state index contributed by atoms with van der Waals surface area (Å²) in [5.74, 6) is 0.0564. The summed E-state index contributed by atoms with van der Waals surface area (Å²) in [6.45, 7) is -0.0308. The van der Waals surface area contributed by atoms with Gasteiger partial charge in [0.15, 0.2) is 5.78 Å². The van der Waals surface area contributed by atoms with Crippen molar-refractivity contribution in [3.8, 4) is 11.1 Å². The molecule has 0 atom stereocenters. The minimum Gasteiger partial charge on any atom is -0.392 e. The van der Waals surface area contributed by atoms with Crippen LogP contribution in [0.15, 0.2) is 42.5 Å². The van der Waals surface area contributed by atoms with Crippen LogP contribution in [0.4, 0.5) is 0 Å². The van der Waals surface area contributed by atoms with Crippen molar-refractivity contribution >= 4 is 5.78 Å². The molecule has 0 saturated carbocycles. The summed E-state index contributed by atoms with van der Waals surface area (Å²) < 4.78 is 0. The second kappa shape index (κ2) is 3.29. The lowest BCUT2D eigenvalue weighted by Crippen LogP contribution is -1.96. The molecule has 78 valence electrons. The minimum atomic E-state index is -0.0308. The Kier molecular flexibility index (Phi) is 1.91. The van der Waals surface area contributed by atoms with Gasteiger partial charge in [0.05, 0.1) is 6.61 Å². The highest BCUT2D eigenvalue weighted by Gasteiger charge is 2.25. The lowest BCUT2D eigenvalue weighted by molar-refractivity contribution is 0.104. The Hall–Kier alpha value is -1.93. The van der Waals surface area contributed by atoms with Crippen LogP contribution in [0, 0.1) is 0 Å². The summed E-state index contributed by atoms with van der Waals surface area (Å²) in [6.07, 6.45) is 0. The number of rotatable bonds is 1. The molecule has 2 nitrogen and oxygen atoms in total. The fourth-order valence-electron chi connectivity index (χ4n) is 2.17. The predicted molar refractivity (Wildman–Crippen MR) is 61.2 cm³/mol. The van der Waals surface area contributed by atoms with Crippen molar-refractivity contribution in [3.05, 3.63) is 59.2 Å². The molecule has 16 heavy (non-hydrogen) atoms. The van der Waals surface area contributed by atoms with E-state index in [1.807, 2.05) is 36.4 Å². The molecule has 0 saturated heterocycles. The Morgan fingerprint density at radius 3 is 2.31 bits per heavy atom. The fraction of sp³-hybridized carbons (Fsp3) is 0.0714. The molecule has 3 rings (SSSR count). The van der Waals surface area contributed by atoms with Crippen molar-refractivity contribution in [1.29, 1.82) is 0 Å². The van der Waals surface area contributed by atoms with E-state index in [9.17, 15) is 4.79 Å². The van der Waals surface area contributed by atoms with Crippen LogP contribution < -0.4 is 0 Å². The van der Waals surface area contributed by atoms with Crippen LogP contribution in [-0.2, 0) is 6.61 Å². The maximum atomic E-state index is 12.1. The number of benzene rings is 2. The molecule has 0 spiro atoms. The molecule has 2 aromatic rings. The van der Waals surface area contributed by atoms with E-state index in [2.05, 4.69) is 0 Å². The molecule has 0 heterocycles. The van der Waals surface area contributed by atoms with Gasteiger partial charge in [-0.05, 0) is 22.8 Å². The van der Waals surface area contributed by atoms with Gasteiger partial charge in [-0.25, -0.2) is 0 Å². The Balaban J connectivity index is 2.29. The summed E-state index contributed by atoms with van der Waals surface area (Å²) in [4.78, 5) is 12.1. The van der Waals surface area contributed by atoms with Crippen molar-refractivity contribution in [1.82, 2.24) is 0 Å². The van der Waals surface area contributed by atoms with Crippen LogP contribution in [0.1, 0.15) is 21.5 Å². The fourth-order valence-corrected chi connectivity index (χ4v) is 2.17. The van der Waals surface area contributed by atoms with E-state index in [0.717, 1.165) is 22.3 Å². The van der Waals surface area contributed by atoms with Crippen LogP contribution in [0.2, 0.25) is 0 Å². The Morgan fingerprint density at radius 2 is 1.56 bits per heavy atom. The van der Waals surface area contributed by atoms with Gasteiger partial charge in [0, 0.05) is 11.1 Å². The first-order chi connectivity index (χ1) is 7.81. The molecule has 0 radical (unpaired) electrons. The molecule has 0 fully saturated rings. The lowest BCUT2D eigenvalue weighted by Gasteiger charge is -2.01. The van der Waals surface area contributed by atoms with Gasteiger partial charge in [0.1, 0.15) is 0 Å². The highest BCUT2D eigenvalue weighted by Crippen LogP contribution is 2.36. The van der Waals surface area contributed by atoms with Gasteiger partial charge in [-0.1, -0.05) is 36.4 Å². The average Bonchev–Trinajstić information content (AvgIpc) is 2.64. The number of fused-ring (bicyclic) bond motifs is 3. The quantitative estimate of drug-likeness (QED) is 0.669. The number of aliphatic hydroxyl groups excluding tert-OH is 1. The summed E-state index contributed by atoms with van der Waals surface area (Å²) >= 11 is 0. The van der Waals surface area contributed by atoms with E-state index >= 15 is 0 Å². The third kappa shape index (κ3) is 1.14. The maximum Gasteiger partial charge on any atom is 0.194 e. The van der Waals surface area contributed by atoms with Gasteiger partial charge >= 0.3 is 0 Å². The van der Waals surface area contributed by atoms with E-state index in [-0.39, 0.29) is 12.4 Å². The number of hydrogen-bond donors (Lipinski definition) is 1. The minimum absolute atomic E-state index is 0.0308. The first kappa shape index (κ1) is 9.31. The summed E-state index contributed by atoms with van der Waals surface area (Å²) in [5, 5.41) is 9.06. The van der Waals surface area contributed by atoms with Crippen molar-refractivity contribution in [2.24, 2.45) is 0 Å². The van der Waals surface area contributed by atoms with E-state index in [4.69, 9.17) is 5.11 Å². The zero-order valence-corrected chi connectivity index (χ0v) is 8.60. The van der Waals surface area contributed by atoms with Crippen LogP contribution in [-0.4, -0.2) is 10.9 Å². The van der Waals surface area contributed by atoms with Crippen molar-refractivity contribution in [2.45, 2.75) is 6.61 Å². The van der Waals surface area contributed by atoms with E-state index in [0.29, 0.717) is 5.56 Å². The molecule has 0 amide bonds. The molecular weight excluding hydrogens is 200 g/mol. The van der Waals surface area contributed by atoms with E-state index in [1.165, 1.54) is 0 Å².